The molecule has 1 N–H and O–H groups in total. The van der Waals surface area contributed by atoms with Crippen LogP contribution in [0.5, 0.6) is 0 Å². The third-order valence-corrected chi connectivity index (χ3v) is 6.84. The number of rotatable bonds is 5. The number of carbonyl (C=O) groups excluding carboxylic acids is 2. The number of hydrazine groups is 1. The van der Waals surface area contributed by atoms with E-state index in [2.05, 4.69) is 40.7 Å². The summed E-state index contributed by atoms with van der Waals surface area (Å²) >= 11 is 0. The fraction of sp³-hybridized carbons (Fsp3) is 0.333. The van der Waals surface area contributed by atoms with E-state index in [1.165, 1.54) is 33.5 Å². The highest BCUT2D eigenvalue weighted by Gasteiger charge is 2.41. The average Bonchev–Trinajstić information content (AvgIpc) is 3.37. The van der Waals surface area contributed by atoms with Crippen LogP contribution in [-0.2, 0) is 11.3 Å². The zero-order valence-corrected chi connectivity index (χ0v) is 18.9. The molecule has 0 aromatic heterocycles. The Morgan fingerprint density at radius 1 is 1.12 bits per heavy atom. The minimum atomic E-state index is -0.449. The molecule has 2 atom stereocenters. The smallest absolute Gasteiger partial charge is 0.273 e. The molecule has 1 saturated heterocycles. The average molecular weight is 446 g/mol. The van der Waals surface area contributed by atoms with Crippen molar-refractivity contribution >= 4 is 22.6 Å². The van der Waals surface area contributed by atoms with Crippen LogP contribution in [-0.4, -0.2) is 34.3 Å². The van der Waals surface area contributed by atoms with Gasteiger partial charge in [-0.05, 0) is 59.3 Å². The molecule has 2 aliphatic heterocycles. The van der Waals surface area contributed by atoms with Crippen molar-refractivity contribution in [1.29, 1.82) is 0 Å². The highest BCUT2D eigenvalue weighted by Crippen LogP contribution is 2.38. The highest BCUT2D eigenvalue weighted by atomic mass is 19.1. The largest absolute Gasteiger partial charge is 0.288 e. The Bertz CT molecular complexity index is 1220. The number of carbonyl (C=O) groups is 2. The van der Waals surface area contributed by atoms with Crippen LogP contribution in [0.1, 0.15) is 54.2 Å². The van der Waals surface area contributed by atoms with Gasteiger partial charge in [0, 0.05) is 12.1 Å². The zero-order chi connectivity index (χ0) is 23.1. The maximum Gasteiger partial charge on any atom is 0.273 e. The van der Waals surface area contributed by atoms with Gasteiger partial charge in [0.1, 0.15) is 5.82 Å². The summed E-state index contributed by atoms with van der Waals surface area (Å²) in [4.78, 5) is 28.6. The molecule has 0 aliphatic carbocycles. The second-order valence-corrected chi connectivity index (χ2v) is 9.34. The molecular weight excluding hydrogens is 417 g/mol. The third-order valence-electron chi connectivity index (χ3n) is 6.84. The molecule has 5 nitrogen and oxygen atoms in total. The van der Waals surface area contributed by atoms with Gasteiger partial charge in [-0.1, -0.05) is 62.4 Å². The predicted molar refractivity (Wildman–Crippen MR) is 126 cm³/mol. The SMILES string of the molecule is CC(C)[C@H]1c2ccc(F)cc2C(=O)N1NC(=O)[C@@H]1CCCN1Cc1cccc2ccccc12. The molecule has 3 aromatic carbocycles. The fourth-order valence-corrected chi connectivity index (χ4v) is 5.30. The van der Waals surface area contributed by atoms with Gasteiger partial charge >= 0.3 is 0 Å². The van der Waals surface area contributed by atoms with Gasteiger partial charge in [-0.25, -0.2) is 9.40 Å². The van der Waals surface area contributed by atoms with Gasteiger partial charge in [-0.3, -0.25) is 19.9 Å². The molecule has 0 saturated carbocycles. The maximum atomic E-state index is 13.8. The first kappa shape index (κ1) is 21.6. The molecule has 3 aromatic rings. The molecule has 5 rings (SSSR count). The van der Waals surface area contributed by atoms with Crippen LogP contribution in [0.25, 0.3) is 10.8 Å². The zero-order valence-electron chi connectivity index (χ0n) is 18.9. The predicted octanol–water partition coefficient (Wildman–Crippen LogP) is 4.83. The lowest BCUT2D eigenvalue weighted by molar-refractivity contribution is -0.130. The second-order valence-electron chi connectivity index (χ2n) is 9.34. The van der Waals surface area contributed by atoms with Crippen LogP contribution in [0.3, 0.4) is 0 Å². The van der Waals surface area contributed by atoms with Gasteiger partial charge in [0.2, 0.25) is 0 Å². The van der Waals surface area contributed by atoms with Gasteiger partial charge in [0.15, 0.2) is 0 Å². The first-order valence-corrected chi connectivity index (χ1v) is 11.6. The van der Waals surface area contributed by atoms with E-state index in [1.807, 2.05) is 26.0 Å². The molecular formula is C27H28FN3O2. The van der Waals surface area contributed by atoms with Gasteiger partial charge < -0.3 is 0 Å². The number of halogens is 1. The third kappa shape index (κ3) is 3.89. The molecule has 1 fully saturated rings. The van der Waals surface area contributed by atoms with E-state index < -0.39 is 5.82 Å². The summed E-state index contributed by atoms with van der Waals surface area (Å²) in [6.45, 7) is 5.50. The van der Waals surface area contributed by atoms with Crippen LogP contribution in [0.4, 0.5) is 4.39 Å². The summed E-state index contributed by atoms with van der Waals surface area (Å²) in [7, 11) is 0. The maximum absolute atomic E-state index is 13.8. The molecule has 2 heterocycles. The Hall–Kier alpha value is -3.25. The quantitative estimate of drug-likeness (QED) is 0.612. The van der Waals surface area contributed by atoms with Gasteiger partial charge in [-0.15, -0.1) is 0 Å². The van der Waals surface area contributed by atoms with Gasteiger partial charge in [-0.2, -0.15) is 0 Å². The van der Waals surface area contributed by atoms with Crippen molar-refractivity contribution < 1.29 is 14.0 Å². The topological polar surface area (TPSA) is 52.7 Å². The second kappa shape index (κ2) is 8.60. The molecule has 0 bridgehead atoms. The Kier molecular flexibility index (Phi) is 5.62. The van der Waals surface area contributed by atoms with Gasteiger partial charge in [0.25, 0.3) is 11.8 Å². The highest BCUT2D eigenvalue weighted by molar-refractivity contribution is 6.00. The number of benzene rings is 3. The van der Waals surface area contributed by atoms with Gasteiger partial charge in [0.05, 0.1) is 12.1 Å². The molecule has 0 radical (unpaired) electrons. The van der Waals surface area contributed by atoms with E-state index in [0.717, 1.165) is 24.9 Å². The van der Waals surface area contributed by atoms with Crippen LogP contribution in [0, 0.1) is 11.7 Å². The lowest BCUT2D eigenvalue weighted by Crippen LogP contribution is -2.52. The van der Waals surface area contributed by atoms with Crippen molar-refractivity contribution in [2.45, 2.75) is 45.3 Å². The van der Waals surface area contributed by atoms with Crippen molar-refractivity contribution in [3.05, 3.63) is 83.2 Å². The molecule has 0 spiro atoms. The summed E-state index contributed by atoms with van der Waals surface area (Å²) in [6, 6.07) is 18.2. The molecule has 2 amide bonds. The lowest BCUT2D eigenvalue weighted by Gasteiger charge is -2.31. The number of nitrogens with one attached hydrogen (secondary N) is 1. The number of nitrogens with zero attached hydrogens (tertiary/aromatic N) is 2. The van der Waals surface area contributed by atoms with Crippen molar-refractivity contribution in [3.8, 4) is 0 Å². The minimum Gasteiger partial charge on any atom is -0.288 e. The van der Waals surface area contributed by atoms with Crippen molar-refractivity contribution in [2.75, 3.05) is 6.54 Å². The lowest BCUT2D eigenvalue weighted by atomic mass is 9.96. The first-order valence-electron chi connectivity index (χ1n) is 11.6. The number of fused-ring (bicyclic) bond motifs is 2. The molecule has 33 heavy (non-hydrogen) atoms. The Morgan fingerprint density at radius 2 is 1.91 bits per heavy atom. The Labute approximate surface area is 193 Å². The van der Waals surface area contributed by atoms with Crippen LogP contribution >= 0.6 is 0 Å². The van der Waals surface area contributed by atoms with E-state index in [0.29, 0.717) is 12.1 Å². The van der Waals surface area contributed by atoms with E-state index in [1.54, 1.807) is 6.07 Å². The van der Waals surface area contributed by atoms with Crippen molar-refractivity contribution in [2.24, 2.45) is 5.92 Å². The van der Waals surface area contributed by atoms with E-state index in [9.17, 15) is 14.0 Å². The van der Waals surface area contributed by atoms with Crippen LogP contribution in [0.2, 0.25) is 0 Å². The summed E-state index contributed by atoms with van der Waals surface area (Å²) in [5.41, 5.74) is 5.18. The van der Waals surface area contributed by atoms with E-state index >= 15 is 0 Å². The molecule has 2 aliphatic rings. The minimum absolute atomic E-state index is 0.0660. The standard InChI is InChI=1S/C27H28FN3O2/c1-17(2)25-22-13-12-20(28)15-23(22)27(33)31(25)29-26(32)24-11-6-14-30(24)16-19-9-5-8-18-7-3-4-10-21(18)19/h3-5,7-10,12-13,15,17,24-25H,6,11,14,16H2,1-2H3,(H,29,32)/t24-,25-/m0/s1. The molecule has 6 heteroatoms. The first-order chi connectivity index (χ1) is 15.9. The number of hydrogen-bond acceptors (Lipinski definition) is 3. The van der Waals surface area contributed by atoms with Crippen molar-refractivity contribution in [1.82, 2.24) is 15.3 Å². The summed E-state index contributed by atoms with van der Waals surface area (Å²) in [5, 5.41) is 3.78. The number of amides is 2. The van der Waals surface area contributed by atoms with Crippen LogP contribution in [0.15, 0.2) is 60.7 Å². The Balaban J connectivity index is 1.36. The monoisotopic (exact) mass is 445 g/mol. The van der Waals surface area contributed by atoms with Crippen LogP contribution < -0.4 is 5.43 Å². The summed E-state index contributed by atoms with van der Waals surface area (Å²) in [5.74, 6) is -0.915. The number of likely N-dealkylation sites (tertiary alicyclic amines) is 1. The number of hydrogen-bond donors (Lipinski definition) is 1. The summed E-state index contributed by atoms with van der Waals surface area (Å²) in [6.07, 6.45) is 1.67. The molecule has 0 unspecified atom stereocenters. The fourth-order valence-electron chi connectivity index (χ4n) is 5.30. The molecule has 170 valence electrons. The van der Waals surface area contributed by atoms with Crippen molar-refractivity contribution in [3.63, 3.8) is 0 Å². The Morgan fingerprint density at radius 3 is 2.73 bits per heavy atom. The normalized spacial score (nSPS) is 20.6. The van der Waals surface area contributed by atoms with E-state index in [4.69, 9.17) is 0 Å². The van der Waals surface area contributed by atoms with E-state index in [-0.39, 0.29) is 29.8 Å². The summed E-state index contributed by atoms with van der Waals surface area (Å²) < 4.78 is 13.8.